The van der Waals surface area contributed by atoms with Gasteiger partial charge in [-0.25, -0.2) is 23.5 Å². The van der Waals surface area contributed by atoms with Gasteiger partial charge < -0.3 is 15.1 Å². The van der Waals surface area contributed by atoms with Crippen molar-refractivity contribution in [3.05, 3.63) is 59.2 Å². The van der Waals surface area contributed by atoms with Crippen LogP contribution < -0.4 is 5.32 Å². The molecule has 0 saturated carbocycles. The van der Waals surface area contributed by atoms with Gasteiger partial charge >= 0.3 is 12.2 Å². The van der Waals surface area contributed by atoms with E-state index < -0.39 is 41.6 Å². The van der Waals surface area contributed by atoms with Gasteiger partial charge in [-0.05, 0) is 30.0 Å². The second kappa shape index (κ2) is 7.49. The van der Waals surface area contributed by atoms with Crippen molar-refractivity contribution in [2.45, 2.75) is 25.2 Å². The molecule has 12 heteroatoms. The van der Waals surface area contributed by atoms with Gasteiger partial charge in [0.05, 0.1) is 18.3 Å². The Bertz CT molecular complexity index is 1180. The van der Waals surface area contributed by atoms with Crippen LogP contribution in [-0.4, -0.2) is 50.8 Å². The van der Waals surface area contributed by atoms with Crippen LogP contribution in [-0.2, 0) is 17.5 Å². The van der Waals surface area contributed by atoms with E-state index >= 15 is 0 Å². The molecule has 172 valence electrons. The third-order valence-corrected chi connectivity index (χ3v) is 6.07. The number of rotatable bonds is 3. The maximum Gasteiger partial charge on any atom is 0.451 e. The van der Waals surface area contributed by atoms with E-state index in [0.717, 1.165) is 23.4 Å². The molecule has 2 bridgehead atoms. The number of amides is 3. The Morgan fingerprint density at radius 2 is 1.91 bits per heavy atom. The van der Waals surface area contributed by atoms with E-state index in [1.54, 1.807) is 4.90 Å². The van der Waals surface area contributed by atoms with Crippen LogP contribution in [0.3, 0.4) is 0 Å². The zero-order valence-corrected chi connectivity index (χ0v) is 16.9. The summed E-state index contributed by atoms with van der Waals surface area (Å²) >= 11 is 0. The maximum absolute atomic E-state index is 14.1. The minimum absolute atomic E-state index is 0.0127. The van der Waals surface area contributed by atoms with Gasteiger partial charge in [-0.2, -0.15) is 13.2 Å². The standard InChI is InChI=1S/C21H16F5N5O2/c22-14-1-2-15-13(18(14)23)8-30(20(33)29-15)9-17(32)31-7-10-3-12(16(31)4-10)11-5-27-19(28-6-11)21(24,25)26/h1-3,5-6,10,16H,4,7-9H2,(H,29,33)/t10-,16-/m1/s1. The van der Waals surface area contributed by atoms with Crippen molar-refractivity contribution in [2.24, 2.45) is 5.92 Å². The molecule has 2 atom stereocenters. The van der Waals surface area contributed by atoms with Crippen LogP contribution in [0, 0.1) is 17.6 Å². The Labute approximate surface area is 183 Å². The molecule has 3 aliphatic rings. The average molecular weight is 465 g/mol. The fraction of sp³-hybridized carbons (Fsp3) is 0.333. The minimum Gasteiger partial charge on any atom is -0.333 e. The summed E-state index contributed by atoms with van der Waals surface area (Å²) in [4.78, 5) is 34.8. The number of aromatic nitrogens is 2. The Morgan fingerprint density at radius 1 is 1.18 bits per heavy atom. The molecule has 0 radical (unpaired) electrons. The van der Waals surface area contributed by atoms with Crippen LogP contribution in [0.25, 0.3) is 5.57 Å². The molecule has 5 rings (SSSR count). The quantitative estimate of drug-likeness (QED) is 0.705. The van der Waals surface area contributed by atoms with E-state index in [4.69, 9.17) is 0 Å². The molecule has 7 nitrogen and oxygen atoms in total. The number of hydrogen-bond donors (Lipinski definition) is 1. The predicted octanol–water partition coefficient (Wildman–Crippen LogP) is 3.44. The van der Waals surface area contributed by atoms with Gasteiger partial charge in [-0.1, -0.05) is 6.08 Å². The first kappa shape index (κ1) is 21.3. The van der Waals surface area contributed by atoms with Crippen molar-refractivity contribution in [3.63, 3.8) is 0 Å². The highest BCUT2D eigenvalue weighted by Gasteiger charge is 2.43. The third-order valence-electron chi connectivity index (χ3n) is 6.07. The number of halogens is 5. The van der Waals surface area contributed by atoms with E-state index in [2.05, 4.69) is 15.3 Å². The van der Waals surface area contributed by atoms with Crippen molar-refractivity contribution in [1.29, 1.82) is 0 Å². The summed E-state index contributed by atoms with van der Waals surface area (Å²) in [5.74, 6) is -3.78. The molecule has 33 heavy (non-hydrogen) atoms. The summed E-state index contributed by atoms with van der Waals surface area (Å²) in [5, 5.41) is 2.45. The van der Waals surface area contributed by atoms with E-state index in [1.165, 1.54) is 6.07 Å². The monoisotopic (exact) mass is 465 g/mol. The molecule has 1 aliphatic carbocycles. The van der Waals surface area contributed by atoms with Crippen LogP contribution in [0.2, 0.25) is 0 Å². The van der Waals surface area contributed by atoms with Gasteiger partial charge in [-0.3, -0.25) is 4.79 Å². The number of likely N-dealkylation sites (tertiary alicyclic amines) is 1. The van der Waals surface area contributed by atoms with Crippen molar-refractivity contribution in [3.8, 4) is 0 Å². The largest absolute Gasteiger partial charge is 0.451 e. The van der Waals surface area contributed by atoms with Crippen molar-refractivity contribution in [1.82, 2.24) is 19.8 Å². The highest BCUT2D eigenvalue weighted by Crippen LogP contribution is 2.42. The van der Waals surface area contributed by atoms with E-state index in [1.807, 2.05) is 6.08 Å². The highest BCUT2D eigenvalue weighted by atomic mass is 19.4. The third kappa shape index (κ3) is 3.68. The molecule has 2 aromatic rings. The molecule has 0 spiro atoms. The number of benzene rings is 1. The number of carbonyl (C=O) groups excluding carboxylic acids is 2. The number of alkyl halides is 3. The predicted molar refractivity (Wildman–Crippen MR) is 104 cm³/mol. The fourth-order valence-corrected chi connectivity index (χ4v) is 4.54. The molecular weight excluding hydrogens is 449 g/mol. The Morgan fingerprint density at radius 3 is 2.58 bits per heavy atom. The summed E-state index contributed by atoms with van der Waals surface area (Å²) in [5.41, 5.74) is 1.13. The van der Waals surface area contributed by atoms with Crippen LogP contribution in [0.15, 0.2) is 30.6 Å². The number of nitrogens with one attached hydrogen (secondary N) is 1. The zero-order valence-electron chi connectivity index (χ0n) is 16.9. The first-order valence-electron chi connectivity index (χ1n) is 10.1. The van der Waals surface area contributed by atoms with Crippen LogP contribution in [0.1, 0.15) is 23.4 Å². The lowest BCUT2D eigenvalue weighted by molar-refractivity contribution is -0.145. The number of hydrogen-bond acceptors (Lipinski definition) is 4. The lowest BCUT2D eigenvalue weighted by Gasteiger charge is -2.33. The molecule has 3 heterocycles. The van der Waals surface area contributed by atoms with Crippen LogP contribution in [0.4, 0.5) is 32.4 Å². The molecule has 1 fully saturated rings. The topological polar surface area (TPSA) is 78.4 Å². The summed E-state index contributed by atoms with van der Waals surface area (Å²) < 4.78 is 65.9. The first-order chi connectivity index (χ1) is 15.6. The van der Waals surface area contributed by atoms with Crippen molar-refractivity contribution in [2.75, 3.05) is 18.4 Å². The smallest absolute Gasteiger partial charge is 0.333 e. The van der Waals surface area contributed by atoms with Gasteiger partial charge in [0, 0.05) is 30.1 Å². The van der Waals surface area contributed by atoms with Gasteiger partial charge in [0.1, 0.15) is 6.54 Å². The Kier molecular flexibility index (Phi) is 4.83. The number of nitrogens with zero attached hydrogens (tertiary/aromatic N) is 4. The first-order valence-corrected chi connectivity index (χ1v) is 10.1. The van der Waals surface area contributed by atoms with E-state index in [-0.39, 0.29) is 30.3 Å². The highest BCUT2D eigenvalue weighted by molar-refractivity contribution is 5.95. The maximum atomic E-state index is 14.1. The summed E-state index contributed by atoms with van der Waals surface area (Å²) in [6, 6.07) is 1.16. The second-order valence-electron chi connectivity index (χ2n) is 8.15. The van der Waals surface area contributed by atoms with Crippen LogP contribution >= 0.6 is 0 Å². The molecule has 3 amide bonds. The number of carbonyl (C=O) groups is 2. The van der Waals surface area contributed by atoms with Gasteiger partial charge in [0.25, 0.3) is 0 Å². The van der Waals surface area contributed by atoms with Crippen LogP contribution in [0.5, 0.6) is 0 Å². The second-order valence-corrected chi connectivity index (χ2v) is 8.15. The molecular formula is C21H16F5N5O2. The zero-order chi connectivity index (χ0) is 23.5. The SMILES string of the molecule is O=C1Nc2ccc(F)c(F)c2CN1CC(=O)N1C[C@@H]2C=C(c3cnc(C(F)(F)F)nc3)[C@H]1C2. The van der Waals surface area contributed by atoms with E-state index in [9.17, 15) is 31.5 Å². The van der Waals surface area contributed by atoms with Gasteiger partial charge in [-0.15, -0.1) is 0 Å². The number of fused-ring (bicyclic) bond motifs is 3. The lowest BCUT2D eigenvalue weighted by atomic mass is 10.0. The molecule has 1 aromatic carbocycles. The summed E-state index contributed by atoms with van der Waals surface area (Å²) in [6.07, 6.45) is -0.00627. The normalized spacial score (nSPS) is 21.7. The summed E-state index contributed by atoms with van der Waals surface area (Å²) in [6.45, 7) is -0.237. The number of anilines is 1. The molecule has 2 aliphatic heterocycles. The number of urea groups is 1. The molecule has 0 unspecified atom stereocenters. The van der Waals surface area contributed by atoms with Gasteiger partial charge in [0.2, 0.25) is 11.7 Å². The lowest BCUT2D eigenvalue weighted by Crippen LogP contribution is -2.48. The Balaban J connectivity index is 1.31. The molecule has 1 aromatic heterocycles. The fourth-order valence-electron chi connectivity index (χ4n) is 4.54. The molecule has 1 N–H and O–H groups in total. The van der Waals surface area contributed by atoms with Crippen molar-refractivity contribution >= 4 is 23.2 Å². The van der Waals surface area contributed by atoms with E-state index in [0.29, 0.717) is 24.1 Å². The molecule has 1 saturated heterocycles. The van der Waals surface area contributed by atoms with Crippen molar-refractivity contribution < 1.29 is 31.5 Å². The minimum atomic E-state index is -4.65. The average Bonchev–Trinajstić information content (AvgIpc) is 3.38. The Hall–Kier alpha value is -3.57. The summed E-state index contributed by atoms with van der Waals surface area (Å²) in [7, 11) is 0. The van der Waals surface area contributed by atoms with Gasteiger partial charge in [0.15, 0.2) is 11.6 Å².